The summed E-state index contributed by atoms with van der Waals surface area (Å²) in [6, 6.07) is 9.21. The Bertz CT molecular complexity index is 1040. The predicted octanol–water partition coefficient (Wildman–Crippen LogP) is 2.82. The molecule has 9 nitrogen and oxygen atoms in total. The number of imidazole rings is 1. The Balaban J connectivity index is 0.000000360. The van der Waals surface area contributed by atoms with E-state index < -0.39 is 12.1 Å². The molecule has 0 atom stereocenters. The molecule has 32 heavy (non-hydrogen) atoms. The van der Waals surface area contributed by atoms with Crippen LogP contribution in [-0.2, 0) is 24.3 Å². The van der Waals surface area contributed by atoms with Gasteiger partial charge in [-0.2, -0.15) is 13.2 Å². The molecule has 0 aliphatic carbocycles. The SMILES string of the molecule is O=C(O)C(F)(F)F.O=C(c1ccco1)N1CCc2ncc(CNc3ccccn3)n2CC1. The Morgan fingerprint density at radius 1 is 1.12 bits per heavy atom. The van der Waals surface area contributed by atoms with E-state index in [9.17, 15) is 18.0 Å². The first-order chi connectivity index (χ1) is 15.3. The topological polar surface area (TPSA) is 113 Å². The average Bonchev–Trinajstić information content (AvgIpc) is 3.38. The minimum atomic E-state index is -5.08. The van der Waals surface area contributed by atoms with Crippen LogP contribution in [0.3, 0.4) is 0 Å². The predicted molar refractivity (Wildman–Crippen MR) is 106 cm³/mol. The van der Waals surface area contributed by atoms with Gasteiger partial charge in [0.1, 0.15) is 11.6 Å². The highest BCUT2D eigenvalue weighted by atomic mass is 19.4. The molecule has 0 saturated carbocycles. The second kappa shape index (κ2) is 9.98. The van der Waals surface area contributed by atoms with Crippen LogP contribution in [0.1, 0.15) is 22.1 Å². The molecule has 0 unspecified atom stereocenters. The van der Waals surface area contributed by atoms with Crippen LogP contribution >= 0.6 is 0 Å². The molecule has 4 heterocycles. The number of hydrogen-bond donors (Lipinski definition) is 2. The van der Waals surface area contributed by atoms with Crippen molar-refractivity contribution >= 4 is 17.7 Å². The standard InChI is InChI=1S/C18H19N5O2.C2HF3O2/c24-18(15-4-3-11-25-15)22-8-6-17-21-13-14(23(17)10-9-22)12-20-16-5-1-2-7-19-16;3-2(4,5)1(6)7/h1-5,7,11,13H,6,8-10,12H2,(H,19,20);(H,6,7). The van der Waals surface area contributed by atoms with Gasteiger partial charge in [0.15, 0.2) is 5.76 Å². The molecule has 0 spiro atoms. The first-order valence-electron chi connectivity index (χ1n) is 9.57. The van der Waals surface area contributed by atoms with Crippen LogP contribution in [0.4, 0.5) is 19.0 Å². The molecule has 1 amide bonds. The van der Waals surface area contributed by atoms with E-state index in [0.717, 1.165) is 30.3 Å². The lowest BCUT2D eigenvalue weighted by molar-refractivity contribution is -0.192. The maximum Gasteiger partial charge on any atom is 0.490 e. The highest BCUT2D eigenvalue weighted by Crippen LogP contribution is 2.15. The second-order valence-corrected chi connectivity index (χ2v) is 6.71. The van der Waals surface area contributed by atoms with Crippen LogP contribution in [0.5, 0.6) is 0 Å². The fraction of sp³-hybridized carbons (Fsp3) is 0.300. The largest absolute Gasteiger partial charge is 0.490 e. The number of anilines is 1. The lowest BCUT2D eigenvalue weighted by atomic mass is 10.3. The van der Waals surface area contributed by atoms with E-state index in [1.807, 2.05) is 29.3 Å². The normalized spacial score (nSPS) is 13.4. The fourth-order valence-electron chi connectivity index (χ4n) is 3.04. The van der Waals surface area contributed by atoms with Gasteiger partial charge in [-0.15, -0.1) is 0 Å². The summed E-state index contributed by atoms with van der Waals surface area (Å²) in [7, 11) is 0. The second-order valence-electron chi connectivity index (χ2n) is 6.71. The van der Waals surface area contributed by atoms with E-state index in [4.69, 9.17) is 14.3 Å². The van der Waals surface area contributed by atoms with Crippen LogP contribution in [0.15, 0.2) is 53.4 Å². The zero-order valence-electron chi connectivity index (χ0n) is 16.7. The molecule has 0 bridgehead atoms. The number of aromatic nitrogens is 3. The first-order valence-corrected chi connectivity index (χ1v) is 9.57. The molecule has 4 rings (SSSR count). The summed E-state index contributed by atoms with van der Waals surface area (Å²) in [6.45, 7) is 2.65. The Kier molecular flexibility index (Phi) is 7.13. The number of carboxylic acid groups (broad SMARTS) is 1. The quantitative estimate of drug-likeness (QED) is 0.627. The zero-order valence-corrected chi connectivity index (χ0v) is 16.7. The summed E-state index contributed by atoms with van der Waals surface area (Å²) in [5.41, 5.74) is 1.09. The van der Waals surface area contributed by atoms with Gasteiger partial charge in [0.2, 0.25) is 0 Å². The maximum atomic E-state index is 12.5. The van der Waals surface area contributed by atoms with Crippen LogP contribution in [0, 0.1) is 0 Å². The number of furan rings is 1. The Hall–Kier alpha value is -3.83. The van der Waals surface area contributed by atoms with Gasteiger partial charge >= 0.3 is 12.1 Å². The molecule has 0 saturated heterocycles. The van der Waals surface area contributed by atoms with Gasteiger partial charge in [0.25, 0.3) is 5.91 Å². The van der Waals surface area contributed by atoms with E-state index >= 15 is 0 Å². The highest BCUT2D eigenvalue weighted by molar-refractivity contribution is 5.91. The van der Waals surface area contributed by atoms with Crippen LogP contribution < -0.4 is 5.32 Å². The number of rotatable bonds is 4. The maximum absolute atomic E-state index is 12.5. The molecule has 3 aromatic heterocycles. The number of halogens is 3. The Morgan fingerprint density at radius 2 is 1.91 bits per heavy atom. The molecule has 1 aliphatic heterocycles. The van der Waals surface area contributed by atoms with Crippen molar-refractivity contribution < 1.29 is 32.3 Å². The van der Waals surface area contributed by atoms with Gasteiger partial charge in [-0.1, -0.05) is 6.07 Å². The summed E-state index contributed by atoms with van der Waals surface area (Å²) in [6.07, 6.45) is 0.834. The number of nitrogens with one attached hydrogen (secondary N) is 1. The molecule has 3 aromatic rings. The average molecular weight is 451 g/mol. The first kappa shape index (κ1) is 22.8. The minimum Gasteiger partial charge on any atom is -0.475 e. The van der Waals surface area contributed by atoms with Crippen molar-refractivity contribution in [2.45, 2.75) is 25.7 Å². The molecule has 12 heteroatoms. The number of carbonyl (C=O) groups excluding carboxylic acids is 1. The van der Waals surface area contributed by atoms with Crippen molar-refractivity contribution in [1.82, 2.24) is 19.4 Å². The summed E-state index contributed by atoms with van der Waals surface area (Å²) in [5.74, 6) is -0.596. The Morgan fingerprint density at radius 3 is 2.53 bits per heavy atom. The summed E-state index contributed by atoms with van der Waals surface area (Å²) < 4.78 is 39.2. The molecule has 0 aromatic carbocycles. The van der Waals surface area contributed by atoms with Gasteiger partial charge in [-0.25, -0.2) is 14.8 Å². The molecule has 170 valence electrons. The van der Waals surface area contributed by atoms with Crippen molar-refractivity contribution in [3.63, 3.8) is 0 Å². The number of aliphatic carboxylic acids is 1. The number of amides is 1. The van der Waals surface area contributed by atoms with Crippen LogP contribution in [-0.4, -0.2) is 55.7 Å². The van der Waals surface area contributed by atoms with Crippen molar-refractivity contribution in [2.24, 2.45) is 0 Å². The number of pyridine rings is 1. The van der Waals surface area contributed by atoms with Crippen LogP contribution in [0.2, 0.25) is 0 Å². The third kappa shape index (κ3) is 5.86. The van der Waals surface area contributed by atoms with Gasteiger partial charge in [0.05, 0.1) is 24.7 Å². The fourth-order valence-corrected chi connectivity index (χ4v) is 3.04. The molecule has 0 fully saturated rings. The van der Waals surface area contributed by atoms with E-state index in [1.165, 1.54) is 6.26 Å². The van der Waals surface area contributed by atoms with Crippen molar-refractivity contribution in [3.05, 3.63) is 66.3 Å². The van der Waals surface area contributed by atoms with E-state index in [0.29, 0.717) is 25.4 Å². The van der Waals surface area contributed by atoms with Gasteiger partial charge < -0.3 is 24.3 Å². The van der Waals surface area contributed by atoms with Crippen molar-refractivity contribution in [3.8, 4) is 0 Å². The monoisotopic (exact) mass is 451 g/mol. The van der Waals surface area contributed by atoms with E-state index in [2.05, 4.69) is 19.9 Å². The Labute approximate surface area is 180 Å². The number of carboxylic acids is 1. The molecule has 1 aliphatic rings. The third-order valence-corrected chi connectivity index (χ3v) is 4.60. The number of alkyl halides is 3. The summed E-state index contributed by atoms with van der Waals surface area (Å²) >= 11 is 0. The lowest BCUT2D eigenvalue weighted by Gasteiger charge is -2.18. The van der Waals surface area contributed by atoms with E-state index in [-0.39, 0.29) is 5.91 Å². The van der Waals surface area contributed by atoms with Crippen LogP contribution in [0.25, 0.3) is 0 Å². The van der Waals surface area contributed by atoms with E-state index in [1.54, 1.807) is 18.3 Å². The molecule has 0 radical (unpaired) electrons. The number of hydrogen-bond acceptors (Lipinski definition) is 6. The highest BCUT2D eigenvalue weighted by Gasteiger charge is 2.38. The molecular weight excluding hydrogens is 431 g/mol. The minimum absolute atomic E-state index is 0.0658. The zero-order chi connectivity index (χ0) is 23.1. The summed E-state index contributed by atoms with van der Waals surface area (Å²) in [5, 5.41) is 10.4. The molecular formula is C20H20F3N5O4. The third-order valence-electron chi connectivity index (χ3n) is 4.60. The van der Waals surface area contributed by atoms with Gasteiger partial charge in [0, 0.05) is 32.3 Å². The smallest absolute Gasteiger partial charge is 0.475 e. The number of fused-ring (bicyclic) bond motifs is 1. The molecule has 2 N–H and O–H groups in total. The van der Waals surface area contributed by atoms with Gasteiger partial charge in [-0.3, -0.25) is 4.79 Å². The summed E-state index contributed by atoms with van der Waals surface area (Å²) in [4.78, 5) is 32.0. The number of carbonyl (C=O) groups is 2. The van der Waals surface area contributed by atoms with Crippen molar-refractivity contribution in [2.75, 3.05) is 18.4 Å². The lowest BCUT2D eigenvalue weighted by Crippen LogP contribution is -2.33. The van der Waals surface area contributed by atoms with Crippen molar-refractivity contribution in [1.29, 1.82) is 0 Å². The van der Waals surface area contributed by atoms with Gasteiger partial charge in [-0.05, 0) is 24.3 Å². The number of nitrogens with zero attached hydrogens (tertiary/aromatic N) is 4.